The lowest BCUT2D eigenvalue weighted by molar-refractivity contribution is 0.519. The summed E-state index contributed by atoms with van der Waals surface area (Å²) < 4.78 is 0. The molecule has 4 heteroatoms. The zero-order chi connectivity index (χ0) is 12.0. The largest absolute Gasteiger partial charge is 0.308 e. The molecule has 0 saturated carbocycles. The zero-order valence-corrected chi connectivity index (χ0v) is 12.3. The first-order valence-corrected chi connectivity index (χ1v) is 8.06. The highest BCUT2D eigenvalue weighted by Gasteiger charge is 2.15. The molecule has 1 heterocycles. The standard InChI is InChI=1S/C12H22N2S2/c1-5-7-13-11(6-8-15-4)12-14-9(2)10(3)16-12/h11,13H,5-8H2,1-4H3. The van der Waals surface area contributed by atoms with Gasteiger partial charge in [-0.05, 0) is 45.2 Å². The Kier molecular flexibility index (Phi) is 6.39. The molecule has 0 fully saturated rings. The molecule has 0 saturated heterocycles. The van der Waals surface area contributed by atoms with Crippen LogP contribution in [0.25, 0.3) is 0 Å². The molecule has 0 bridgehead atoms. The lowest BCUT2D eigenvalue weighted by Gasteiger charge is -2.15. The molecule has 2 nitrogen and oxygen atoms in total. The summed E-state index contributed by atoms with van der Waals surface area (Å²) >= 11 is 3.75. The molecule has 1 aromatic rings. The summed E-state index contributed by atoms with van der Waals surface area (Å²) in [6.45, 7) is 7.54. The summed E-state index contributed by atoms with van der Waals surface area (Å²) in [7, 11) is 0. The number of nitrogens with one attached hydrogen (secondary N) is 1. The topological polar surface area (TPSA) is 24.9 Å². The minimum Gasteiger partial charge on any atom is -0.308 e. The quantitative estimate of drug-likeness (QED) is 0.809. The van der Waals surface area contributed by atoms with Gasteiger partial charge in [0, 0.05) is 4.88 Å². The number of hydrogen-bond acceptors (Lipinski definition) is 4. The third-order valence-electron chi connectivity index (χ3n) is 2.59. The predicted octanol–water partition coefficient (Wildman–Crippen LogP) is 3.55. The van der Waals surface area contributed by atoms with Gasteiger partial charge in [0.1, 0.15) is 5.01 Å². The van der Waals surface area contributed by atoms with Gasteiger partial charge in [0.2, 0.25) is 0 Å². The van der Waals surface area contributed by atoms with E-state index in [1.54, 1.807) is 0 Å². The van der Waals surface area contributed by atoms with E-state index in [2.05, 4.69) is 37.3 Å². The van der Waals surface area contributed by atoms with Gasteiger partial charge in [-0.25, -0.2) is 4.98 Å². The van der Waals surface area contributed by atoms with E-state index >= 15 is 0 Å². The van der Waals surface area contributed by atoms with Gasteiger partial charge in [0.05, 0.1) is 11.7 Å². The average Bonchev–Trinajstić information content (AvgIpc) is 2.59. The van der Waals surface area contributed by atoms with Crippen LogP contribution in [-0.4, -0.2) is 23.5 Å². The Balaban J connectivity index is 2.66. The van der Waals surface area contributed by atoms with E-state index in [4.69, 9.17) is 0 Å². The smallest absolute Gasteiger partial charge is 0.110 e. The van der Waals surface area contributed by atoms with Gasteiger partial charge in [-0.15, -0.1) is 11.3 Å². The van der Waals surface area contributed by atoms with Crippen LogP contribution < -0.4 is 5.32 Å². The first kappa shape index (κ1) is 14.0. The predicted molar refractivity (Wildman–Crippen MR) is 75.6 cm³/mol. The van der Waals surface area contributed by atoms with Crippen LogP contribution in [0.3, 0.4) is 0 Å². The minimum absolute atomic E-state index is 0.449. The van der Waals surface area contributed by atoms with Crippen molar-refractivity contribution in [3.05, 3.63) is 15.6 Å². The van der Waals surface area contributed by atoms with Crippen LogP contribution in [0.5, 0.6) is 0 Å². The lowest BCUT2D eigenvalue weighted by Crippen LogP contribution is -2.22. The Morgan fingerprint density at radius 3 is 2.69 bits per heavy atom. The normalized spacial score (nSPS) is 13.0. The Bertz CT molecular complexity index is 282. The maximum Gasteiger partial charge on any atom is 0.110 e. The van der Waals surface area contributed by atoms with Crippen LogP contribution in [0.2, 0.25) is 0 Å². The Hall–Kier alpha value is -0.0600. The second kappa shape index (κ2) is 7.30. The summed E-state index contributed by atoms with van der Waals surface area (Å²) in [5.41, 5.74) is 1.19. The molecule has 1 rings (SSSR count). The summed E-state index contributed by atoms with van der Waals surface area (Å²) in [5, 5.41) is 4.86. The number of aryl methyl sites for hydroxylation is 2. The molecular weight excluding hydrogens is 236 g/mol. The highest BCUT2D eigenvalue weighted by Crippen LogP contribution is 2.25. The van der Waals surface area contributed by atoms with E-state index in [-0.39, 0.29) is 0 Å². The van der Waals surface area contributed by atoms with Crippen molar-refractivity contribution in [2.24, 2.45) is 0 Å². The van der Waals surface area contributed by atoms with Crippen molar-refractivity contribution < 1.29 is 0 Å². The maximum absolute atomic E-state index is 4.66. The molecule has 1 unspecified atom stereocenters. The van der Waals surface area contributed by atoms with E-state index in [9.17, 15) is 0 Å². The molecule has 0 amide bonds. The summed E-state index contributed by atoms with van der Waals surface area (Å²) in [4.78, 5) is 6.01. The first-order chi connectivity index (χ1) is 7.69. The monoisotopic (exact) mass is 258 g/mol. The molecule has 0 aliphatic rings. The van der Waals surface area contributed by atoms with Gasteiger partial charge in [-0.3, -0.25) is 0 Å². The fourth-order valence-corrected chi connectivity index (χ4v) is 3.02. The number of hydrogen-bond donors (Lipinski definition) is 1. The molecule has 92 valence electrons. The van der Waals surface area contributed by atoms with Crippen LogP contribution in [0, 0.1) is 13.8 Å². The third-order valence-corrected chi connectivity index (χ3v) is 4.43. The molecule has 1 aromatic heterocycles. The van der Waals surface area contributed by atoms with Crippen LogP contribution >= 0.6 is 23.1 Å². The zero-order valence-electron chi connectivity index (χ0n) is 10.7. The van der Waals surface area contributed by atoms with Gasteiger partial charge in [-0.1, -0.05) is 6.92 Å². The van der Waals surface area contributed by atoms with Crippen LogP contribution in [0.4, 0.5) is 0 Å². The number of thiazole rings is 1. The highest BCUT2D eigenvalue weighted by atomic mass is 32.2. The average molecular weight is 258 g/mol. The first-order valence-electron chi connectivity index (χ1n) is 5.85. The van der Waals surface area contributed by atoms with Crippen LogP contribution in [0.15, 0.2) is 0 Å². The maximum atomic E-state index is 4.66. The molecule has 16 heavy (non-hydrogen) atoms. The van der Waals surface area contributed by atoms with Gasteiger partial charge in [-0.2, -0.15) is 11.8 Å². The van der Waals surface area contributed by atoms with Crippen molar-refractivity contribution in [1.82, 2.24) is 10.3 Å². The fraction of sp³-hybridized carbons (Fsp3) is 0.750. The van der Waals surface area contributed by atoms with E-state index in [0.29, 0.717) is 6.04 Å². The molecule has 0 radical (unpaired) electrons. The van der Waals surface area contributed by atoms with Crippen LogP contribution in [-0.2, 0) is 0 Å². The van der Waals surface area contributed by atoms with Gasteiger partial charge in [0.25, 0.3) is 0 Å². The van der Waals surface area contributed by atoms with E-state index in [1.807, 2.05) is 23.1 Å². The molecule has 0 spiro atoms. The number of rotatable bonds is 7. The fourth-order valence-electron chi connectivity index (χ4n) is 1.51. The van der Waals surface area contributed by atoms with Crippen molar-refractivity contribution in [3.63, 3.8) is 0 Å². The lowest BCUT2D eigenvalue weighted by atomic mass is 10.2. The van der Waals surface area contributed by atoms with E-state index in [1.165, 1.54) is 34.2 Å². The van der Waals surface area contributed by atoms with Crippen LogP contribution in [0.1, 0.15) is 41.4 Å². The molecule has 0 aromatic carbocycles. The van der Waals surface area contributed by atoms with E-state index in [0.717, 1.165) is 6.54 Å². The molecule has 0 aliphatic heterocycles. The third kappa shape index (κ3) is 4.07. The molecular formula is C12H22N2S2. The summed E-state index contributed by atoms with van der Waals surface area (Å²) in [5.74, 6) is 1.19. The van der Waals surface area contributed by atoms with Crippen molar-refractivity contribution in [3.8, 4) is 0 Å². The number of aromatic nitrogens is 1. The summed E-state index contributed by atoms with van der Waals surface area (Å²) in [6.07, 6.45) is 4.52. The van der Waals surface area contributed by atoms with Crippen molar-refractivity contribution >= 4 is 23.1 Å². The van der Waals surface area contributed by atoms with Gasteiger partial charge in [0.15, 0.2) is 0 Å². The number of nitrogens with zero attached hydrogens (tertiary/aromatic N) is 1. The number of thioether (sulfide) groups is 1. The second-order valence-corrected chi connectivity index (χ2v) is 6.20. The minimum atomic E-state index is 0.449. The molecule has 1 atom stereocenters. The Morgan fingerprint density at radius 1 is 1.44 bits per heavy atom. The van der Waals surface area contributed by atoms with Gasteiger partial charge < -0.3 is 5.32 Å². The molecule has 0 aliphatic carbocycles. The Labute approximate surface area is 107 Å². The van der Waals surface area contributed by atoms with Crippen molar-refractivity contribution in [1.29, 1.82) is 0 Å². The second-order valence-electron chi connectivity index (χ2n) is 3.98. The SMILES string of the molecule is CCCNC(CCSC)c1nc(C)c(C)s1. The highest BCUT2D eigenvalue weighted by molar-refractivity contribution is 7.98. The van der Waals surface area contributed by atoms with Crippen molar-refractivity contribution in [2.45, 2.75) is 39.7 Å². The van der Waals surface area contributed by atoms with Crippen molar-refractivity contribution in [2.75, 3.05) is 18.6 Å². The summed E-state index contributed by atoms with van der Waals surface area (Å²) in [6, 6.07) is 0.449. The molecule has 1 N–H and O–H groups in total. The van der Waals surface area contributed by atoms with E-state index < -0.39 is 0 Å². The Morgan fingerprint density at radius 2 is 2.19 bits per heavy atom. The van der Waals surface area contributed by atoms with Gasteiger partial charge >= 0.3 is 0 Å².